The molecule has 5 heteroatoms. The fourth-order valence-corrected chi connectivity index (χ4v) is 1.88. The molecule has 1 aliphatic heterocycles. The average Bonchev–Trinajstić information content (AvgIpc) is 2.39. The van der Waals surface area contributed by atoms with Crippen molar-refractivity contribution < 1.29 is 9.59 Å². The lowest BCUT2D eigenvalue weighted by atomic mass is 9.96. The highest BCUT2D eigenvalue weighted by Gasteiger charge is 2.25. The van der Waals surface area contributed by atoms with Gasteiger partial charge in [0.05, 0.1) is 11.6 Å². The van der Waals surface area contributed by atoms with Crippen LogP contribution in [0.5, 0.6) is 0 Å². The number of nitrogens with zero attached hydrogens (tertiary/aromatic N) is 1. The van der Waals surface area contributed by atoms with Gasteiger partial charge in [-0.05, 0) is 30.7 Å². The van der Waals surface area contributed by atoms with Crippen molar-refractivity contribution in [2.45, 2.75) is 12.8 Å². The van der Waals surface area contributed by atoms with Crippen molar-refractivity contribution in [2.75, 3.05) is 11.9 Å². The summed E-state index contributed by atoms with van der Waals surface area (Å²) < 4.78 is 0. The maximum absolute atomic E-state index is 11.9. The van der Waals surface area contributed by atoms with Crippen LogP contribution < -0.4 is 10.6 Å². The van der Waals surface area contributed by atoms with Gasteiger partial charge in [-0.1, -0.05) is 0 Å². The number of anilines is 1. The molecule has 1 aliphatic rings. The normalized spacial score (nSPS) is 18.6. The lowest BCUT2D eigenvalue weighted by molar-refractivity contribution is -0.129. The lowest BCUT2D eigenvalue weighted by Gasteiger charge is -2.21. The molecule has 5 nitrogen and oxygen atoms in total. The van der Waals surface area contributed by atoms with Crippen LogP contribution in [-0.2, 0) is 9.59 Å². The van der Waals surface area contributed by atoms with Gasteiger partial charge in [-0.2, -0.15) is 5.26 Å². The van der Waals surface area contributed by atoms with E-state index in [1.165, 1.54) is 0 Å². The Labute approximate surface area is 105 Å². The van der Waals surface area contributed by atoms with Crippen molar-refractivity contribution in [1.29, 1.82) is 5.26 Å². The molecular formula is C13H13N3O2. The maximum atomic E-state index is 11.9. The Bertz CT molecular complexity index is 502. The molecule has 1 atom stereocenters. The summed E-state index contributed by atoms with van der Waals surface area (Å²) in [5.41, 5.74) is 1.19. The molecule has 1 fully saturated rings. The first-order valence-electron chi connectivity index (χ1n) is 5.77. The number of rotatable bonds is 2. The molecule has 0 aliphatic carbocycles. The van der Waals surface area contributed by atoms with Gasteiger partial charge in [0.1, 0.15) is 0 Å². The predicted molar refractivity (Wildman–Crippen MR) is 65.5 cm³/mol. The van der Waals surface area contributed by atoms with Crippen LogP contribution in [0.4, 0.5) is 5.69 Å². The molecule has 0 radical (unpaired) electrons. The summed E-state index contributed by atoms with van der Waals surface area (Å²) in [6.45, 7) is 0.546. The highest BCUT2D eigenvalue weighted by Crippen LogP contribution is 2.16. The van der Waals surface area contributed by atoms with Crippen molar-refractivity contribution in [3.8, 4) is 6.07 Å². The van der Waals surface area contributed by atoms with Crippen LogP contribution in [0, 0.1) is 17.2 Å². The van der Waals surface area contributed by atoms with E-state index >= 15 is 0 Å². The summed E-state index contributed by atoms with van der Waals surface area (Å²) in [6.07, 6.45) is 0.899. The fourth-order valence-electron chi connectivity index (χ4n) is 1.88. The van der Waals surface area contributed by atoms with Crippen molar-refractivity contribution >= 4 is 17.5 Å². The van der Waals surface area contributed by atoms with Crippen LogP contribution in [0.15, 0.2) is 24.3 Å². The van der Waals surface area contributed by atoms with E-state index in [0.29, 0.717) is 24.2 Å². The summed E-state index contributed by atoms with van der Waals surface area (Å²) in [4.78, 5) is 23.1. The Kier molecular flexibility index (Phi) is 3.58. The first-order chi connectivity index (χ1) is 8.69. The first-order valence-corrected chi connectivity index (χ1v) is 5.77. The molecule has 2 amide bonds. The van der Waals surface area contributed by atoms with Gasteiger partial charge in [0.2, 0.25) is 11.8 Å². The SMILES string of the molecule is N#Cc1ccc(NC(=O)C2CCNC(=O)C2)cc1. The number of amides is 2. The number of hydrogen-bond acceptors (Lipinski definition) is 3. The van der Waals surface area contributed by atoms with Gasteiger partial charge in [0.25, 0.3) is 0 Å². The molecule has 2 N–H and O–H groups in total. The zero-order valence-electron chi connectivity index (χ0n) is 9.77. The van der Waals surface area contributed by atoms with Crippen molar-refractivity contribution in [3.63, 3.8) is 0 Å². The van der Waals surface area contributed by atoms with E-state index in [2.05, 4.69) is 10.6 Å². The monoisotopic (exact) mass is 243 g/mol. The molecule has 0 aromatic heterocycles. The third-order valence-electron chi connectivity index (χ3n) is 2.90. The van der Waals surface area contributed by atoms with E-state index in [1.807, 2.05) is 6.07 Å². The summed E-state index contributed by atoms with van der Waals surface area (Å²) in [5, 5.41) is 14.1. The fraction of sp³-hybridized carbons (Fsp3) is 0.308. The van der Waals surface area contributed by atoms with Gasteiger partial charge in [-0.15, -0.1) is 0 Å². The lowest BCUT2D eigenvalue weighted by Crippen LogP contribution is -2.38. The van der Waals surface area contributed by atoms with E-state index in [9.17, 15) is 9.59 Å². The third-order valence-corrected chi connectivity index (χ3v) is 2.90. The van der Waals surface area contributed by atoms with Gasteiger partial charge in [-0.3, -0.25) is 9.59 Å². The van der Waals surface area contributed by atoms with E-state index in [-0.39, 0.29) is 24.2 Å². The standard InChI is InChI=1S/C13H13N3O2/c14-8-9-1-3-11(4-2-9)16-13(18)10-5-6-15-12(17)7-10/h1-4,10H,5-7H2,(H,15,17)(H,16,18). The molecular weight excluding hydrogens is 230 g/mol. The maximum Gasteiger partial charge on any atom is 0.228 e. The number of hydrogen-bond donors (Lipinski definition) is 2. The van der Waals surface area contributed by atoms with Gasteiger partial charge in [0.15, 0.2) is 0 Å². The number of nitrogens with one attached hydrogen (secondary N) is 2. The molecule has 1 heterocycles. The van der Waals surface area contributed by atoms with Crippen molar-refractivity contribution in [3.05, 3.63) is 29.8 Å². The van der Waals surface area contributed by atoms with E-state index in [1.54, 1.807) is 24.3 Å². The van der Waals surface area contributed by atoms with Gasteiger partial charge in [-0.25, -0.2) is 0 Å². The van der Waals surface area contributed by atoms with Crippen LogP contribution in [-0.4, -0.2) is 18.4 Å². The smallest absolute Gasteiger partial charge is 0.228 e. The number of carbonyl (C=O) groups is 2. The summed E-state index contributed by atoms with van der Waals surface area (Å²) in [7, 11) is 0. The molecule has 1 aromatic rings. The minimum atomic E-state index is -0.269. The minimum absolute atomic E-state index is 0.0822. The number of carbonyl (C=O) groups excluding carboxylic acids is 2. The average molecular weight is 243 g/mol. The second-order valence-electron chi connectivity index (χ2n) is 4.22. The van der Waals surface area contributed by atoms with Gasteiger partial charge >= 0.3 is 0 Å². The Morgan fingerprint density at radius 3 is 2.72 bits per heavy atom. The molecule has 0 saturated carbocycles. The first kappa shape index (κ1) is 12.1. The minimum Gasteiger partial charge on any atom is -0.356 e. The van der Waals surface area contributed by atoms with Crippen LogP contribution in [0.3, 0.4) is 0 Å². The van der Waals surface area contributed by atoms with Crippen LogP contribution >= 0.6 is 0 Å². The molecule has 18 heavy (non-hydrogen) atoms. The largest absolute Gasteiger partial charge is 0.356 e. The molecule has 2 rings (SSSR count). The van der Waals surface area contributed by atoms with E-state index in [0.717, 1.165) is 0 Å². The predicted octanol–water partition coefficient (Wildman–Crippen LogP) is 1.02. The molecule has 0 bridgehead atoms. The summed E-state index contributed by atoms with van der Waals surface area (Å²) in [6, 6.07) is 8.65. The third kappa shape index (κ3) is 2.86. The summed E-state index contributed by atoms with van der Waals surface area (Å²) in [5.74, 6) is -0.495. The molecule has 1 aromatic carbocycles. The quantitative estimate of drug-likeness (QED) is 0.813. The van der Waals surface area contributed by atoms with Gasteiger partial charge < -0.3 is 10.6 Å². The van der Waals surface area contributed by atoms with E-state index in [4.69, 9.17) is 5.26 Å². The topological polar surface area (TPSA) is 82.0 Å². The molecule has 1 saturated heterocycles. The van der Waals surface area contributed by atoms with Crippen LogP contribution in [0.1, 0.15) is 18.4 Å². The number of nitriles is 1. The number of piperidine rings is 1. The second kappa shape index (κ2) is 5.32. The zero-order chi connectivity index (χ0) is 13.0. The second-order valence-corrected chi connectivity index (χ2v) is 4.22. The summed E-state index contributed by atoms with van der Waals surface area (Å²) >= 11 is 0. The Balaban J connectivity index is 1.98. The molecule has 1 unspecified atom stereocenters. The van der Waals surface area contributed by atoms with Gasteiger partial charge in [0, 0.05) is 24.6 Å². The Hall–Kier alpha value is -2.35. The van der Waals surface area contributed by atoms with Crippen molar-refractivity contribution in [2.24, 2.45) is 5.92 Å². The highest BCUT2D eigenvalue weighted by atomic mass is 16.2. The number of benzene rings is 1. The molecule has 92 valence electrons. The van der Waals surface area contributed by atoms with Crippen LogP contribution in [0.25, 0.3) is 0 Å². The highest BCUT2D eigenvalue weighted by molar-refractivity contribution is 5.95. The Morgan fingerprint density at radius 1 is 1.39 bits per heavy atom. The zero-order valence-corrected chi connectivity index (χ0v) is 9.77. The Morgan fingerprint density at radius 2 is 2.11 bits per heavy atom. The van der Waals surface area contributed by atoms with E-state index < -0.39 is 0 Å². The molecule has 0 spiro atoms. The van der Waals surface area contributed by atoms with Crippen LogP contribution in [0.2, 0.25) is 0 Å². The van der Waals surface area contributed by atoms with Crippen molar-refractivity contribution in [1.82, 2.24) is 5.32 Å².